The van der Waals surface area contributed by atoms with Gasteiger partial charge in [0.05, 0.1) is 12.2 Å². The summed E-state index contributed by atoms with van der Waals surface area (Å²) in [5.74, 6) is -2.40. The lowest BCUT2D eigenvalue weighted by molar-refractivity contribution is -0.223. The van der Waals surface area contributed by atoms with Gasteiger partial charge >= 0.3 is 17.8 Å². The number of esters is 2. The lowest BCUT2D eigenvalue weighted by atomic mass is 10.1. The highest BCUT2D eigenvalue weighted by Crippen LogP contribution is 2.31. The Morgan fingerprint density at radius 2 is 1.64 bits per heavy atom. The van der Waals surface area contributed by atoms with Crippen LogP contribution in [0.2, 0.25) is 0 Å². The van der Waals surface area contributed by atoms with E-state index in [4.69, 9.17) is 9.47 Å². The van der Waals surface area contributed by atoms with Crippen molar-refractivity contribution >= 4 is 17.8 Å². The topological polar surface area (TPSA) is 84.9 Å². The Kier molecular flexibility index (Phi) is 4.79. The van der Waals surface area contributed by atoms with E-state index >= 15 is 0 Å². The average Bonchev–Trinajstić information content (AvgIpc) is 2.94. The van der Waals surface area contributed by atoms with E-state index in [-0.39, 0.29) is 6.54 Å². The first kappa shape index (κ1) is 18.1. The van der Waals surface area contributed by atoms with Gasteiger partial charge in [-0.05, 0) is 32.1 Å². The molecular formula is C20H20N4O4. The molecule has 28 heavy (non-hydrogen) atoms. The van der Waals surface area contributed by atoms with Crippen LogP contribution in [-0.4, -0.2) is 59.6 Å². The summed E-state index contributed by atoms with van der Waals surface area (Å²) in [6.45, 7) is 1.45. The monoisotopic (exact) mass is 380 g/mol. The standard InChI is InChI=1S/C20H20N4O4/c1-23-12-5-13-24(20(14-23)27-18(25)10-11-19(26)28-20)17-9-8-16(21-22-17)15-6-3-2-4-7-15/h2-4,6-11H,5,12-14H2,1H3. The highest BCUT2D eigenvalue weighted by molar-refractivity contribution is 5.93. The normalized spacial score (nSPS) is 19.7. The van der Waals surface area contributed by atoms with Crippen LogP contribution in [0.3, 0.4) is 0 Å². The van der Waals surface area contributed by atoms with E-state index in [1.165, 1.54) is 0 Å². The molecule has 0 amide bonds. The van der Waals surface area contributed by atoms with Gasteiger partial charge in [0, 0.05) is 24.3 Å². The number of likely N-dealkylation sites (N-methyl/N-ethyl adjacent to an activating group) is 1. The van der Waals surface area contributed by atoms with Crippen LogP contribution >= 0.6 is 0 Å². The first-order valence-corrected chi connectivity index (χ1v) is 9.05. The molecule has 1 fully saturated rings. The van der Waals surface area contributed by atoms with Crippen LogP contribution in [0.4, 0.5) is 5.82 Å². The molecule has 0 saturated carbocycles. The van der Waals surface area contributed by atoms with Crippen molar-refractivity contribution in [3.05, 3.63) is 54.6 Å². The van der Waals surface area contributed by atoms with Gasteiger partial charge in [-0.15, -0.1) is 10.2 Å². The van der Waals surface area contributed by atoms with Crippen molar-refractivity contribution in [3.63, 3.8) is 0 Å². The summed E-state index contributed by atoms with van der Waals surface area (Å²) in [5.41, 5.74) is 1.67. The number of rotatable bonds is 2. The van der Waals surface area contributed by atoms with Gasteiger partial charge in [0.1, 0.15) is 0 Å². The van der Waals surface area contributed by atoms with Crippen LogP contribution in [0.15, 0.2) is 54.6 Å². The molecule has 3 heterocycles. The fourth-order valence-corrected chi connectivity index (χ4v) is 3.41. The third-order valence-electron chi connectivity index (χ3n) is 4.67. The zero-order valence-corrected chi connectivity index (χ0v) is 15.4. The molecule has 0 N–H and O–H groups in total. The summed E-state index contributed by atoms with van der Waals surface area (Å²) >= 11 is 0. The summed E-state index contributed by atoms with van der Waals surface area (Å²) in [7, 11) is 1.88. The zero-order valence-electron chi connectivity index (χ0n) is 15.4. The van der Waals surface area contributed by atoms with E-state index < -0.39 is 17.8 Å². The van der Waals surface area contributed by atoms with Crippen LogP contribution in [0.5, 0.6) is 0 Å². The second-order valence-corrected chi connectivity index (χ2v) is 6.77. The number of carbonyl (C=O) groups is 2. The molecule has 8 nitrogen and oxygen atoms in total. The lowest BCUT2D eigenvalue weighted by Crippen LogP contribution is -2.59. The largest absolute Gasteiger partial charge is 0.399 e. The molecule has 144 valence electrons. The third kappa shape index (κ3) is 3.59. The number of aromatic nitrogens is 2. The minimum absolute atomic E-state index is 0.203. The smallest absolute Gasteiger partial charge is 0.357 e. The van der Waals surface area contributed by atoms with Crippen molar-refractivity contribution in [1.29, 1.82) is 0 Å². The summed E-state index contributed by atoms with van der Waals surface area (Å²) in [5, 5.41) is 8.64. The van der Waals surface area contributed by atoms with E-state index in [9.17, 15) is 9.59 Å². The van der Waals surface area contributed by atoms with Gasteiger partial charge in [-0.3, -0.25) is 9.80 Å². The van der Waals surface area contributed by atoms with Crippen molar-refractivity contribution in [2.45, 2.75) is 12.3 Å². The minimum Gasteiger partial charge on any atom is -0.399 e. The first-order chi connectivity index (χ1) is 13.6. The Bertz CT molecular complexity index is 878. The molecule has 2 aliphatic heterocycles. The molecule has 8 heteroatoms. The van der Waals surface area contributed by atoms with Crippen molar-refractivity contribution in [3.8, 4) is 11.3 Å². The second-order valence-electron chi connectivity index (χ2n) is 6.77. The Morgan fingerprint density at radius 3 is 2.29 bits per heavy atom. The van der Waals surface area contributed by atoms with Gasteiger partial charge in [0.25, 0.3) is 0 Å². The number of carbonyl (C=O) groups excluding carboxylic acids is 2. The van der Waals surface area contributed by atoms with Crippen LogP contribution in [0, 0.1) is 0 Å². The molecule has 0 aliphatic carbocycles. The number of anilines is 1. The van der Waals surface area contributed by atoms with Crippen LogP contribution in [0.1, 0.15) is 6.42 Å². The molecule has 0 bridgehead atoms. The molecular weight excluding hydrogens is 360 g/mol. The summed E-state index contributed by atoms with van der Waals surface area (Å²) < 4.78 is 11.2. The van der Waals surface area contributed by atoms with E-state index in [2.05, 4.69) is 10.2 Å². The van der Waals surface area contributed by atoms with Crippen molar-refractivity contribution in [2.24, 2.45) is 0 Å². The number of ether oxygens (including phenoxy) is 2. The van der Waals surface area contributed by atoms with Gasteiger partial charge in [-0.25, -0.2) is 9.59 Å². The van der Waals surface area contributed by atoms with E-state index in [0.29, 0.717) is 12.4 Å². The fraction of sp³-hybridized carbons (Fsp3) is 0.300. The minimum atomic E-state index is -1.59. The summed E-state index contributed by atoms with van der Waals surface area (Å²) in [6, 6.07) is 13.3. The molecule has 1 aromatic heterocycles. The maximum Gasteiger partial charge on any atom is 0.357 e. The van der Waals surface area contributed by atoms with Gasteiger partial charge < -0.3 is 9.47 Å². The Hall–Kier alpha value is -3.26. The van der Waals surface area contributed by atoms with Gasteiger partial charge in [0.15, 0.2) is 5.82 Å². The van der Waals surface area contributed by atoms with Crippen molar-refractivity contribution in [2.75, 3.05) is 31.6 Å². The molecule has 1 spiro atoms. The Morgan fingerprint density at radius 1 is 0.929 bits per heavy atom. The molecule has 2 aromatic rings. The number of hydrogen-bond donors (Lipinski definition) is 0. The first-order valence-electron chi connectivity index (χ1n) is 9.05. The van der Waals surface area contributed by atoms with Gasteiger partial charge in [-0.2, -0.15) is 0 Å². The van der Waals surface area contributed by atoms with Crippen LogP contribution < -0.4 is 4.90 Å². The maximum atomic E-state index is 12.1. The fourth-order valence-electron chi connectivity index (χ4n) is 3.41. The lowest BCUT2D eigenvalue weighted by Gasteiger charge is -2.40. The number of nitrogens with zero attached hydrogens (tertiary/aromatic N) is 4. The molecule has 2 aliphatic rings. The van der Waals surface area contributed by atoms with Crippen molar-refractivity contribution < 1.29 is 19.1 Å². The van der Waals surface area contributed by atoms with E-state index in [1.54, 1.807) is 11.0 Å². The average molecular weight is 380 g/mol. The summed E-state index contributed by atoms with van der Waals surface area (Å²) in [6.07, 6.45) is 2.93. The van der Waals surface area contributed by atoms with E-state index in [0.717, 1.165) is 36.4 Å². The third-order valence-corrected chi connectivity index (χ3v) is 4.67. The number of benzene rings is 1. The Balaban J connectivity index is 1.71. The molecule has 0 unspecified atom stereocenters. The number of hydrogen-bond acceptors (Lipinski definition) is 8. The SMILES string of the molecule is CN1CCCN(c2ccc(-c3ccccc3)nn2)C2(C1)OC(=O)C=CC(=O)O2. The van der Waals surface area contributed by atoms with Gasteiger partial charge in [-0.1, -0.05) is 30.3 Å². The molecule has 0 atom stereocenters. The Labute approximate surface area is 162 Å². The van der Waals surface area contributed by atoms with Crippen LogP contribution in [-0.2, 0) is 19.1 Å². The predicted octanol–water partition coefficient (Wildman–Crippen LogP) is 1.60. The summed E-state index contributed by atoms with van der Waals surface area (Å²) in [4.78, 5) is 27.9. The molecule has 1 aromatic carbocycles. The highest BCUT2D eigenvalue weighted by atomic mass is 16.8. The highest BCUT2D eigenvalue weighted by Gasteiger charge is 2.48. The van der Waals surface area contributed by atoms with E-state index in [1.807, 2.05) is 48.3 Å². The zero-order chi connectivity index (χ0) is 19.6. The van der Waals surface area contributed by atoms with Gasteiger partial charge in [0.2, 0.25) is 0 Å². The molecule has 0 radical (unpaired) electrons. The predicted molar refractivity (Wildman–Crippen MR) is 101 cm³/mol. The maximum absolute atomic E-state index is 12.1. The van der Waals surface area contributed by atoms with Crippen molar-refractivity contribution in [1.82, 2.24) is 15.1 Å². The van der Waals surface area contributed by atoms with Crippen LogP contribution in [0.25, 0.3) is 11.3 Å². The molecule has 1 saturated heterocycles. The molecule has 4 rings (SSSR count). The second kappa shape index (κ2) is 7.40. The quantitative estimate of drug-likeness (QED) is 0.727.